The van der Waals surface area contributed by atoms with Gasteiger partial charge in [-0.3, -0.25) is 0 Å². The molecule has 76 valence electrons. The van der Waals surface area contributed by atoms with Gasteiger partial charge in [0.1, 0.15) is 11.3 Å². The van der Waals surface area contributed by atoms with Crippen LogP contribution in [0, 0.1) is 5.82 Å². The molecule has 0 atom stereocenters. The maximum Gasteiger partial charge on any atom is 0.344 e. The first-order chi connectivity index (χ1) is 6.61. The van der Waals surface area contributed by atoms with Crippen LogP contribution >= 0.6 is 15.9 Å². The van der Waals surface area contributed by atoms with E-state index in [-0.39, 0.29) is 15.8 Å². The maximum absolute atomic E-state index is 13.5. The van der Waals surface area contributed by atoms with Crippen LogP contribution in [0.5, 0.6) is 5.75 Å². The number of rotatable bonds is 2. The predicted molar refractivity (Wildman–Crippen MR) is 52.0 cm³/mol. The molecule has 0 fully saturated rings. The average Bonchev–Trinajstić information content (AvgIpc) is 2.20. The number of carbonyl (C=O) groups excluding carboxylic acids is 1. The quantitative estimate of drug-likeness (QED) is 0.768. The second-order valence-electron chi connectivity index (χ2n) is 2.43. The van der Waals surface area contributed by atoms with Crippen LogP contribution in [0.3, 0.4) is 0 Å². The molecule has 1 aromatic carbocycles. The van der Waals surface area contributed by atoms with Crippen LogP contribution in [-0.2, 0) is 4.74 Å². The smallest absolute Gasteiger partial charge is 0.344 e. The van der Waals surface area contributed by atoms with E-state index in [2.05, 4.69) is 20.7 Å². The molecule has 14 heavy (non-hydrogen) atoms. The molecule has 0 aliphatic rings. The van der Waals surface area contributed by atoms with Crippen molar-refractivity contribution in [2.75, 3.05) is 14.2 Å². The highest BCUT2D eigenvalue weighted by atomic mass is 79.9. The van der Waals surface area contributed by atoms with Crippen LogP contribution < -0.4 is 4.74 Å². The molecule has 0 aliphatic carbocycles. The zero-order valence-electron chi connectivity index (χ0n) is 7.64. The van der Waals surface area contributed by atoms with Crippen molar-refractivity contribution in [2.24, 2.45) is 0 Å². The monoisotopic (exact) mass is 262 g/mol. The van der Waals surface area contributed by atoms with E-state index >= 15 is 0 Å². The molecule has 0 spiro atoms. The molecule has 0 aromatic heterocycles. The summed E-state index contributed by atoms with van der Waals surface area (Å²) in [7, 11) is 2.54. The van der Waals surface area contributed by atoms with Gasteiger partial charge in [-0.2, -0.15) is 0 Å². The van der Waals surface area contributed by atoms with Crippen LogP contribution in [0.2, 0.25) is 0 Å². The van der Waals surface area contributed by atoms with Crippen LogP contribution in [0.15, 0.2) is 16.6 Å². The molecular weight excluding hydrogens is 255 g/mol. The molecule has 5 heteroatoms. The first kappa shape index (κ1) is 11.0. The van der Waals surface area contributed by atoms with E-state index in [4.69, 9.17) is 4.74 Å². The van der Waals surface area contributed by atoms with Crippen molar-refractivity contribution in [2.45, 2.75) is 0 Å². The maximum atomic E-state index is 13.5. The summed E-state index contributed by atoms with van der Waals surface area (Å²) in [6.45, 7) is 0. The van der Waals surface area contributed by atoms with Gasteiger partial charge in [0, 0.05) is 0 Å². The molecule has 0 unspecified atom stereocenters. The van der Waals surface area contributed by atoms with Gasteiger partial charge in [0.2, 0.25) is 0 Å². The Morgan fingerprint density at radius 2 is 2.07 bits per heavy atom. The van der Waals surface area contributed by atoms with E-state index in [0.717, 1.165) is 0 Å². The largest absolute Gasteiger partial charge is 0.496 e. The predicted octanol–water partition coefficient (Wildman–Crippen LogP) is 2.38. The van der Waals surface area contributed by atoms with E-state index in [0.29, 0.717) is 0 Å². The number of carbonyl (C=O) groups is 1. The van der Waals surface area contributed by atoms with Crippen LogP contribution in [-0.4, -0.2) is 20.2 Å². The highest BCUT2D eigenvalue weighted by molar-refractivity contribution is 9.10. The van der Waals surface area contributed by atoms with E-state index in [1.54, 1.807) is 0 Å². The Bertz CT molecular complexity index is 365. The van der Waals surface area contributed by atoms with Gasteiger partial charge < -0.3 is 9.47 Å². The minimum atomic E-state index is -0.763. The molecule has 1 aromatic rings. The van der Waals surface area contributed by atoms with Crippen LogP contribution in [0.1, 0.15) is 10.4 Å². The zero-order valence-corrected chi connectivity index (χ0v) is 9.22. The van der Waals surface area contributed by atoms with Gasteiger partial charge in [-0.05, 0) is 28.1 Å². The fraction of sp³-hybridized carbons (Fsp3) is 0.222. The molecular formula is C9H8BrFO3. The summed E-state index contributed by atoms with van der Waals surface area (Å²) in [6, 6.07) is 2.94. The van der Waals surface area contributed by atoms with Gasteiger partial charge >= 0.3 is 5.97 Å². The summed E-state index contributed by atoms with van der Waals surface area (Å²) in [4.78, 5) is 11.2. The number of benzene rings is 1. The van der Waals surface area contributed by atoms with Crippen molar-refractivity contribution in [3.05, 3.63) is 28.0 Å². The molecule has 0 aliphatic heterocycles. The first-order valence-corrected chi connectivity index (χ1v) is 4.51. The average molecular weight is 263 g/mol. The third-order valence-corrected chi connectivity index (χ3v) is 2.28. The minimum Gasteiger partial charge on any atom is -0.496 e. The first-order valence-electron chi connectivity index (χ1n) is 3.72. The number of hydrogen-bond acceptors (Lipinski definition) is 3. The van der Waals surface area contributed by atoms with Gasteiger partial charge in [-0.1, -0.05) is 0 Å². The third-order valence-electron chi connectivity index (χ3n) is 1.67. The lowest BCUT2D eigenvalue weighted by Crippen LogP contribution is -2.07. The fourth-order valence-electron chi connectivity index (χ4n) is 0.995. The number of esters is 1. The van der Waals surface area contributed by atoms with Gasteiger partial charge in [-0.15, -0.1) is 0 Å². The second-order valence-corrected chi connectivity index (χ2v) is 3.28. The lowest BCUT2D eigenvalue weighted by atomic mass is 10.2. The number of ether oxygens (including phenoxy) is 2. The summed E-state index contributed by atoms with van der Waals surface area (Å²) in [5, 5.41) is 0. The highest BCUT2D eigenvalue weighted by Crippen LogP contribution is 2.27. The molecule has 0 radical (unpaired) electrons. The number of hydrogen-bond donors (Lipinski definition) is 0. The van der Waals surface area contributed by atoms with E-state index in [9.17, 15) is 9.18 Å². The van der Waals surface area contributed by atoms with Crippen LogP contribution in [0.4, 0.5) is 4.39 Å². The number of halogens is 2. The summed E-state index contributed by atoms with van der Waals surface area (Å²) in [5.74, 6) is -1.30. The van der Waals surface area contributed by atoms with Crippen molar-refractivity contribution < 1.29 is 18.7 Å². The fourth-order valence-corrected chi connectivity index (χ4v) is 1.33. The standard InChI is InChI=1S/C9H8BrFO3/c1-13-6-4-3-5(10)8(11)7(6)9(12)14-2/h3-4H,1-2H3. The highest BCUT2D eigenvalue weighted by Gasteiger charge is 2.20. The lowest BCUT2D eigenvalue weighted by molar-refractivity contribution is 0.0591. The lowest BCUT2D eigenvalue weighted by Gasteiger charge is -2.08. The molecule has 0 N–H and O–H groups in total. The summed E-state index contributed by atoms with van der Waals surface area (Å²) < 4.78 is 22.9. The summed E-state index contributed by atoms with van der Waals surface area (Å²) in [6.07, 6.45) is 0. The van der Waals surface area contributed by atoms with Crippen molar-refractivity contribution in [3.63, 3.8) is 0 Å². The Hall–Kier alpha value is -1.10. The molecule has 3 nitrogen and oxygen atoms in total. The molecule has 0 saturated heterocycles. The van der Waals surface area contributed by atoms with Crippen molar-refractivity contribution in [1.82, 2.24) is 0 Å². The second kappa shape index (κ2) is 4.41. The van der Waals surface area contributed by atoms with E-state index in [1.165, 1.54) is 26.4 Å². The molecule has 1 rings (SSSR count). The molecule has 0 heterocycles. The molecule has 0 bridgehead atoms. The SMILES string of the molecule is COC(=O)c1c(OC)ccc(Br)c1F. The Balaban J connectivity index is 3.35. The summed E-state index contributed by atoms with van der Waals surface area (Å²) >= 11 is 2.97. The van der Waals surface area contributed by atoms with Crippen molar-refractivity contribution in [3.8, 4) is 5.75 Å². The zero-order chi connectivity index (χ0) is 10.7. The topological polar surface area (TPSA) is 35.5 Å². The van der Waals surface area contributed by atoms with E-state index in [1.807, 2.05) is 0 Å². The Kier molecular flexibility index (Phi) is 3.46. The number of methoxy groups -OCH3 is 2. The Morgan fingerprint density at radius 1 is 1.43 bits per heavy atom. The van der Waals surface area contributed by atoms with Crippen molar-refractivity contribution >= 4 is 21.9 Å². The van der Waals surface area contributed by atoms with Gasteiger partial charge in [-0.25, -0.2) is 9.18 Å². The van der Waals surface area contributed by atoms with Gasteiger partial charge in [0.15, 0.2) is 5.82 Å². The van der Waals surface area contributed by atoms with Gasteiger partial charge in [0.05, 0.1) is 18.7 Å². The Labute approximate surface area is 88.9 Å². The minimum absolute atomic E-state index is 0.151. The molecule has 0 amide bonds. The van der Waals surface area contributed by atoms with E-state index < -0.39 is 11.8 Å². The third kappa shape index (κ3) is 1.87. The van der Waals surface area contributed by atoms with Crippen LogP contribution in [0.25, 0.3) is 0 Å². The normalized spacial score (nSPS) is 9.71. The van der Waals surface area contributed by atoms with Crippen molar-refractivity contribution in [1.29, 1.82) is 0 Å². The summed E-state index contributed by atoms with van der Waals surface area (Å²) in [5.41, 5.74) is -0.204. The van der Waals surface area contributed by atoms with Gasteiger partial charge in [0.25, 0.3) is 0 Å². The molecule has 0 saturated carbocycles. The Morgan fingerprint density at radius 3 is 2.57 bits per heavy atom.